The first-order valence-corrected chi connectivity index (χ1v) is 12.8. The summed E-state index contributed by atoms with van der Waals surface area (Å²) >= 11 is 3.07. The third kappa shape index (κ3) is 7.28. The molecule has 3 rings (SSSR count). The van der Waals surface area contributed by atoms with E-state index in [1.54, 1.807) is 18.7 Å². The Kier molecular flexibility index (Phi) is 9.28. The van der Waals surface area contributed by atoms with E-state index in [1.807, 2.05) is 42.6 Å². The summed E-state index contributed by atoms with van der Waals surface area (Å²) in [7, 11) is 0. The zero-order valence-electron chi connectivity index (χ0n) is 18.7. The Morgan fingerprint density at radius 3 is 2.73 bits per heavy atom. The average molecular weight is 492 g/mol. The second-order valence-corrected chi connectivity index (χ2v) is 10.1. The van der Waals surface area contributed by atoms with Crippen molar-refractivity contribution in [3.05, 3.63) is 52.0 Å². The summed E-state index contributed by atoms with van der Waals surface area (Å²) in [5, 5.41) is 15.3. The van der Waals surface area contributed by atoms with Crippen molar-refractivity contribution in [2.24, 2.45) is 0 Å². The molecule has 3 atom stereocenters. The van der Waals surface area contributed by atoms with E-state index >= 15 is 0 Å². The van der Waals surface area contributed by atoms with E-state index in [-0.39, 0.29) is 24.3 Å². The lowest BCUT2D eigenvalue weighted by molar-refractivity contribution is -0.148. The molecule has 1 aromatic carbocycles. The molecular formula is C23H29N3O5S2. The number of hydrogen-bond acceptors (Lipinski definition) is 8. The van der Waals surface area contributed by atoms with Gasteiger partial charge < -0.3 is 14.7 Å². The van der Waals surface area contributed by atoms with Crippen LogP contribution in [0.25, 0.3) is 0 Å². The molecule has 0 saturated carbocycles. The van der Waals surface area contributed by atoms with Gasteiger partial charge >= 0.3 is 11.9 Å². The minimum absolute atomic E-state index is 0.129. The molecule has 0 radical (unpaired) electrons. The number of thiazole rings is 1. The highest BCUT2D eigenvalue weighted by Crippen LogP contribution is 2.34. The molecule has 10 heteroatoms. The van der Waals surface area contributed by atoms with Crippen molar-refractivity contribution in [2.75, 3.05) is 25.4 Å². The van der Waals surface area contributed by atoms with E-state index in [4.69, 9.17) is 4.74 Å². The van der Waals surface area contributed by atoms with Crippen LogP contribution in [0.15, 0.2) is 35.7 Å². The number of nitrogens with one attached hydrogen (secondary N) is 1. The van der Waals surface area contributed by atoms with Crippen LogP contribution in [0.2, 0.25) is 0 Å². The summed E-state index contributed by atoms with van der Waals surface area (Å²) in [6.07, 6.45) is 1.11. The van der Waals surface area contributed by atoms with Gasteiger partial charge in [0.05, 0.1) is 28.6 Å². The third-order valence-corrected chi connectivity index (χ3v) is 7.40. The van der Waals surface area contributed by atoms with Gasteiger partial charge in [-0.25, -0.2) is 4.98 Å². The monoisotopic (exact) mass is 491 g/mol. The molecule has 8 nitrogen and oxygen atoms in total. The molecule has 1 fully saturated rings. The van der Waals surface area contributed by atoms with Gasteiger partial charge in [0.15, 0.2) is 0 Å². The fourth-order valence-electron chi connectivity index (χ4n) is 3.69. The molecular weight excluding hydrogens is 462 g/mol. The summed E-state index contributed by atoms with van der Waals surface area (Å²) in [6, 6.07) is 8.42. The lowest BCUT2D eigenvalue weighted by Crippen LogP contribution is -2.53. The first kappa shape index (κ1) is 25.2. The van der Waals surface area contributed by atoms with Gasteiger partial charge in [0.25, 0.3) is 0 Å². The van der Waals surface area contributed by atoms with E-state index in [0.717, 1.165) is 16.3 Å². The van der Waals surface area contributed by atoms with Gasteiger partial charge in [0, 0.05) is 17.7 Å². The minimum atomic E-state index is -1.08. The molecule has 2 aromatic rings. The van der Waals surface area contributed by atoms with Crippen LogP contribution in [-0.2, 0) is 25.5 Å². The Labute approximate surface area is 201 Å². The summed E-state index contributed by atoms with van der Waals surface area (Å²) < 4.78 is 5.25. The second kappa shape index (κ2) is 12.2. The first-order valence-electron chi connectivity index (χ1n) is 10.9. The molecule has 33 heavy (non-hydrogen) atoms. The molecule has 0 aliphatic carbocycles. The number of aryl methyl sites for hydroxylation is 2. The number of amides is 1. The molecule has 2 N–H and O–H groups in total. The lowest BCUT2D eigenvalue weighted by Gasteiger charge is -2.26. The van der Waals surface area contributed by atoms with Gasteiger partial charge in [-0.2, -0.15) is 0 Å². The van der Waals surface area contributed by atoms with Crippen LogP contribution >= 0.6 is 23.1 Å². The molecule has 1 aromatic heterocycles. The Morgan fingerprint density at radius 1 is 1.33 bits per heavy atom. The number of rotatable bonds is 10. The summed E-state index contributed by atoms with van der Waals surface area (Å²) in [6.45, 7) is 3.76. The predicted molar refractivity (Wildman–Crippen MR) is 128 cm³/mol. The number of carboxylic acids is 1. The maximum Gasteiger partial charge on any atom is 0.323 e. The number of ether oxygens (including phenoxy) is 1. The number of benzene rings is 1. The topological polar surface area (TPSA) is 109 Å². The Balaban J connectivity index is 1.76. The molecule has 178 valence electrons. The van der Waals surface area contributed by atoms with Gasteiger partial charge in [-0.1, -0.05) is 30.3 Å². The van der Waals surface area contributed by atoms with Crippen LogP contribution in [0.4, 0.5) is 0 Å². The van der Waals surface area contributed by atoms with Crippen LogP contribution in [0.5, 0.6) is 0 Å². The van der Waals surface area contributed by atoms with E-state index in [2.05, 4.69) is 10.3 Å². The molecule has 0 bridgehead atoms. The number of esters is 1. The molecule has 2 heterocycles. The van der Waals surface area contributed by atoms with Crippen LogP contribution in [0.1, 0.15) is 34.9 Å². The van der Waals surface area contributed by atoms with Crippen molar-refractivity contribution < 1.29 is 24.2 Å². The van der Waals surface area contributed by atoms with Gasteiger partial charge in [0.1, 0.15) is 12.6 Å². The zero-order chi connectivity index (χ0) is 23.8. The largest absolute Gasteiger partial charge is 0.480 e. The summed E-state index contributed by atoms with van der Waals surface area (Å²) in [5.41, 5.74) is 1.93. The quantitative estimate of drug-likeness (QED) is 0.489. The van der Waals surface area contributed by atoms with E-state index < -0.39 is 30.6 Å². The van der Waals surface area contributed by atoms with Crippen LogP contribution < -0.4 is 5.32 Å². The van der Waals surface area contributed by atoms with Gasteiger partial charge in [-0.05, 0) is 32.3 Å². The Hall–Kier alpha value is -2.43. The van der Waals surface area contributed by atoms with Crippen molar-refractivity contribution in [2.45, 2.75) is 44.0 Å². The van der Waals surface area contributed by atoms with Crippen molar-refractivity contribution >= 4 is 40.9 Å². The maximum absolute atomic E-state index is 13.3. The van der Waals surface area contributed by atoms with E-state index in [9.17, 15) is 19.5 Å². The number of hydrogen-bond donors (Lipinski definition) is 2. The van der Waals surface area contributed by atoms with Gasteiger partial charge in [-0.15, -0.1) is 23.1 Å². The van der Waals surface area contributed by atoms with Crippen LogP contribution in [-0.4, -0.2) is 70.4 Å². The summed E-state index contributed by atoms with van der Waals surface area (Å²) in [4.78, 5) is 43.3. The van der Waals surface area contributed by atoms with Crippen LogP contribution in [0, 0.1) is 6.92 Å². The summed E-state index contributed by atoms with van der Waals surface area (Å²) in [5.74, 6) is -1.41. The van der Waals surface area contributed by atoms with Crippen molar-refractivity contribution in [3.63, 3.8) is 0 Å². The fraction of sp³-hybridized carbons (Fsp3) is 0.478. The zero-order valence-corrected chi connectivity index (χ0v) is 20.4. The van der Waals surface area contributed by atoms with Crippen molar-refractivity contribution in [1.29, 1.82) is 0 Å². The highest BCUT2D eigenvalue weighted by Gasteiger charge is 2.36. The van der Waals surface area contributed by atoms with Crippen LogP contribution in [0.3, 0.4) is 0 Å². The number of nitrogens with zero attached hydrogens (tertiary/aromatic N) is 2. The number of carbonyl (C=O) groups is 3. The molecule has 1 aliphatic rings. The van der Waals surface area contributed by atoms with Gasteiger partial charge in [-0.3, -0.25) is 19.7 Å². The highest BCUT2D eigenvalue weighted by molar-refractivity contribution is 7.99. The normalized spacial score (nSPS) is 19.7. The maximum atomic E-state index is 13.3. The second-order valence-electron chi connectivity index (χ2n) is 7.77. The van der Waals surface area contributed by atoms with Gasteiger partial charge in [0.2, 0.25) is 5.91 Å². The van der Waals surface area contributed by atoms with Crippen molar-refractivity contribution in [3.8, 4) is 0 Å². The molecule has 3 unspecified atom stereocenters. The van der Waals surface area contributed by atoms with Crippen molar-refractivity contribution in [1.82, 2.24) is 15.2 Å². The highest BCUT2D eigenvalue weighted by atomic mass is 32.2. The standard InChI is InChI=1S/C23H29N3O5S2/c1-3-31-23(30)17(10-9-16-7-5-4-6-8-16)25-19-14-33-20(18-13-32-15(2)24-18)11-26(22(19)29)12-21(27)28/h4-8,13,17,19-20,25H,3,9-12,14H2,1-2H3,(H,27,28). The number of aromatic nitrogens is 1. The SMILES string of the molecule is CCOC(=O)C(CCc1ccccc1)NC1CSC(c2csc(C)n2)CN(CC(=O)O)C1=O. The number of aliphatic carboxylic acids is 1. The molecule has 1 aliphatic heterocycles. The smallest absolute Gasteiger partial charge is 0.323 e. The number of thioether (sulfide) groups is 1. The number of carbonyl (C=O) groups excluding carboxylic acids is 2. The fourth-order valence-corrected chi connectivity index (χ4v) is 5.68. The third-order valence-electron chi connectivity index (χ3n) is 5.29. The first-order chi connectivity index (χ1) is 15.9. The molecule has 1 amide bonds. The lowest BCUT2D eigenvalue weighted by atomic mass is 10.0. The van der Waals surface area contributed by atoms with E-state index in [1.165, 1.54) is 16.2 Å². The number of carboxylic acid groups (broad SMARTS) is 1. The Bertz CT molecular complexity index is 953. The minimum Gasteiger partial charge on any atom is -0.480 e. The molecule has 0 spiro atoms. The predicted octanol–water partition coefficient (Wildman–Crippen LogP) is 2.68. The molecule has 1 saturated heterocycles. The average Bonchev–Trinajstić information content (AvgIpc) is 3.16. The Morgan fingerprint density at radius 2 is 2.09 bits per heavy atom. The van der Waals surface area contributed by atoms with E-state index in [0.29, 0.717) is 18.6 Å².